The normalized spacial score (nSPS) is 15.2. The molecule has 1 aliphatic rings. The van der Waals surface area contributed by atoms with Gasteiger partial charge in [-0.3, -0.25) is 4.79 Å². The van der Waals surface area contributed by atoms with Crippen LogP contribution >= 0.6 is 0 Å². The lowest BCUT2D eigenvalue weighted by atomic mass is 10.1. The van der Waals surface area contributed by atoms with Crippen LogP contribution < -0.4 is 10.5 Å². The molecule has 0 saturated carbocycles. The van der Waals surface area contributed by atoms with E-state index in [-0.39, 0.29) is 23.5 Å². The SMILES string of the molecule is Cc1ccc(-n2nc(N3CCN(S(=O)(=O)c4cc(F)ccc4C)CC3)ccc2=O)cc1C. The first-order valence-corrected chi connectivity index (χ1v) is 11.8. The van der Waals surface area contributed by atoms with E-state index in [0.29, 0.717) is 30.2 Å². The Labute approximate surface area is 186 Å². The summed E-state index contributed by atoms with van der Waals surface area (Å²) in [5.74, 6) is 0.0208. The van der Waals surface area contributed by atoms with Gasteiger partial charge in [0.05, 0.1) is 10.6 Å². The van der Waals surface area contributed by atoms with Crippen LogP contribution in [0.5, 0.6) is 0 Å². The maximum Gasteiger partial charge on any atom is 0.271 e. The number of piperazine rings is 1. The lowest BCUT2D eigenvalue weighted by Crippen LogP contribution is -2.49. The second-order valence-corrected chi connectivity index (χ2v) is 9.92. The molecule has 32 heavy (non-hydrogen) atoms. The maximum atomic E-state index is 13.7. The van der Waals surface area contributed by atoms with Gasteiger partial charge in [-0.25, -0.2) is 12.8 Å². The molecule has 1 fully saturated rings. The van der Waals surface area contributed by atoms with Crippen molar-refractivity contribution in [3.05, 3.63) is 81.4 Å². The maximum absolute atomic E-state index is 13.7. The van der Waals surface area contributed by atoms with Crippen molar-refractivity contribution < 1.29 is 12.8 Å². The number of hydrogen-bond acceptors (Lipinski definition) is 5. The number of rotatable bonds is 4. The predicted octanol–water partition coefficient (Wildman–Crippen LogP) is 2.81. The molecule has 1 aliphatic heterocycles. The molecule has 0 bridgehead atoms. The fraction of sp³-hybridized carbons (Fsp3) is 0.304. The molecule has 2 heterocycles. The molecular weight excluding hydrogens is 431 g/mol. The third-order valence-electron chi connectivity index (χ3n) is 5.85. The molecule has 0 N–H and O–H groups in total. The minimum absolute atomic E-state index is 0.00707. The molecular formula is C23H25FN4O3S. The van der Waals surface area contributed by atoms with E-state index >= 15 is 0 Å². The highest BCUT2D eigenvalue weighted by Crippen LogP contribution is 2.23. The molecule has 0 radical (unpaired) electrons. The van der Waals surface area contributed by atoms with Gasteiger partial charge in [-0.2, -0.15) is 8.99 Å². The first kappa shape index (κ1) is 22.2. The van der Waals surface area contributed by atoms with Crippen LogP contribution in [0, 0.1) is 26.6 Å². The zero-order valence-corrected chi connectivity index (χ0v) is 19.1. The van der Waals surface area contributed by atoms with Crippen molar-refractivity contribution in [3.8, 4) is 5.69 Å². The smallest absolute Gasteiger partial charge is 0.271 e. The highest BCUT2D eigenvalue weighted by atomic mass is 32.2. The topological polar surface area (TPSA) is 75.5 Å². The monoisotopic (exact) mass is 456 g/mol. The van der Waals surface area contributed by atoms with Crippen LogP contribution in [0.4, 0.5) is 10.2 Å². The lowest BCUT2D eigenvalue weighted by Gasteiger charge is -2.34. The van der Waals surface area contributed by atoms with Gasteiger partial charge in [0, 0.05) is 32.2 Å². The van der Waals surface area contributed by atoms with Crippen molar-refractivity contribution in [2.45, 2.75) is 25.7 Å². The summed E-state index contributed by atoms with van der Waals surface area (Å²) in [6.07, 6.45) is 0. The number of nitrogens with zero attached hydrogens (tertiary/aromatic N) is 4. The quantitative estimate of drug-likeness (QED) is 0.604. The second kappa shape index (κ2) is 8.48. The first-order chi connectivity index (χ1) is 15.2. The summed E-state index contributed by atoms with van der Waals surface area (Å²) >= 11 is 0. The minimum atomic E-state index is -3.80. The average Bonchev–Trinajstić information content (AvgIpc) is 2.78. The van der Waals surface area contributed by atoms with Crippen molar-refractivity contribution in [2.24, 2.45) is 0 Å². The fourth-order valence-electron chi connectivity index (χ4n) is 3.76. The summed E-state index contributed by atoms with van der Waals surface area (Å²) in [6, 6.07) is 12.6. The standard InChI is InChI=1S/C23H25FN4O3S/c1-16-5-7-20(14-18(16)3)28-23(29)9-8-22(25-28)26-10-12-27(13-11-26)32(30,31)21-15-19(24)6-4-17(21)2/h4-9,14-15H,10-13H2,1-3H3. The van der Waals surface area contributed by atoms with Crippen LogP contribution in [0.1, 0.15) is 16.7 Å². The van der Waals surface area contributed by atoms with Gasteiger partial charge in [-0.15, -0.1) is 5.10 Å². The Kier molecular flexibility index (Phi) is 5.87. The number of anilines is 1. The summed E-state index contributed by atoms with van der Waals surface area (Å²) in [5, 5.41) is 4.52. The number of sulfonamides is 1. The zero-order valence-electron chi connectivity index (χ0n) is 18.2. The summed E-state index contributed by atoms with van der Waals surface area (Å²) in [7, 11) is -3.80. The van der Waals surface area contributed by atoms with E-state index in [4.69, 9.17) is 0 Å². The van der Waals surface area contributed by atoms with E-state index in [1.807, 2.05) is 36.9 Å². The number of aromatic nitrogens is 2. The van der Waals surface area contributed by atoms with Crippen molar-refractivity contribution >= 4 is 15.8 Å². The first-order valence-electron chi connectivity index (χ1n) is 10.4. The van der Waals surface area contributed by atoms with Gasteiger partial charge in [-0.05, 0) is 67.8 Å². The van der Waals surface area contributed by atoms with Crippen LogP contribution in [0.15, 0.2) is 58.2 Å². The number of aryl methyl sites for hydroxylation is 3. The van der Waals surface area contributed by atoms with Crippen LogP contribution in [0.3, 0.4) is 0 Å². The summed E-state index contributed by atoms with van der Waals surface area (Å²) in [6.45, 7) is 6.93. The van der Waals surface area contributed by atoms with Crippen LogP contribution in [-0.2, 0) is 10.0 Å². The van der Waals surface area contributed by atoms with Gasteiger partial charge in [0.25, 0.3) is 5.56 Å². The van der Waals surface area contributed by atoms with E-state index in [9.17, 15) is 17.6 Å². The average molecular weight is 457 g/mol. The van der Waals surface area contributed by atoms with Gasteiger partial charge < -0.3 is 4.90 Å². The molecule has 7 nitrogen and oxygen atoms in total. The van der Waals surface area contributed by atoms with E-state index in [1.165, 1.54) is 27.2 Å². The number of halogens is 1. The summed E-state index contributed by atoms with van der Waals surface area (Å²) < 4.78 is 42.4. The van der Waals surface area contributed by atoms with Crippen molar-refractivity contribution in [2.75, 3.05) is 31.1 Å². The molecule has 2 aromatic carbocycles. The lowest BCUT2D eigenvalue weighted by molar-refractivity contribution is 0.382. The minimum Gasteiger partial charge on any atom is -0.353 e. The Balaban J connectivity index is 1.55. The molecule has 3 aromatic rings. The van der Waals surface area contributed by atoms with Gasteiger partial charge in [0.1, 0.15) is 11.6 Å². The molecule has 9 heteroatoms. The highest BCUT2D eigenvalue weighted by molar-refractivity contribution is 7.89. The molecule has 1 saturated heterocycles. The third kappa shape index (κ3) is 4.18. The number of benzene rings is 2. The predicted molar refractivity (Wildman–Crippen MR) is 121 cm³/mol. The Morgan fingerprint density at radius 3 is 2.22 bits per heavy atom. The molecule has 4 rings (SSSR count). The Morgan fingerprint density at radius 2 is 1.53 bits per heavy atom. The van der Waals surface area contributed by atoms with Crippen LogP contribution in [-0.4, -0.2) is 48.7 Å². The Hall–Kier alpha value is -3.04. The van der Waals surface area contributed by atoms with Gasteiger partial charge in [0.2, 0.25) is 10.0 Å². The molecule has 0 unspecified atom stereocenters. The Bertz CT molecular complexity index is 1330. The fourth-order valence-corrected chi connectivity index (χ4v) is 5.42. The van der Waals surface area contributed by atoms with Crippen LogP contribution in [0.25, 0.3) is 5.69 Å². The Morgan fingerprint density at radius 1 is 0.844 bits per heavy atom. The molecule has 0 spiro atoms. The van der Waals surface area contributed by atoms with Crippen molar-refractivity contribution in [3.63, 3.8) is 0 Å². The van der Waals surface area contributed by atoms with E-state index in [2.05, 4.69) is 5.10 Å². The molecule has 0 atom stereocenters. The highest BCUT2D eigenvalue weighted by Gasteiger charge is 2.30. The largest absolute Gasteiger partial charge is 0.353 e. The van der Waals surface area contributed by atoms with E-state index in [0.717, 1.165) is 17.2 Å². The zero-order chi connectivity index (χ0) is 23.0. The van der Waals surface area contributed by atoms with E-state index in [1.54, 1.807) is 13.0 Å². The molecule has 0 amide bonds. The van der Waals surface area contributed by atoms with E-state index < -0.39 is 15.8 Å². The van der Waals surface area contributed by atoms with Crippen molar-refractivity contribution in [1.29, 1.82) is 0 Å². The third-order valence-corrected chi connectivity index (χ3v) is 7.89. The summed E-state index contributed by atoms with van der Waals surface area (Å²) in [5.41, 5.74) is 3.15. The number of hydrogen-bond donors (Lipinski definition) is 0. The van der Waals surface area contributed by atoms with Gasteiger partial charge >= 0.3 is 0 Å². The molecule has 0 aliphatic carbocycles. The molecule has 168 valence electrons. The van der Waals surface area contributed by atoms with Crippen LogP contribution in [0.2, 0.25) is 0 Å². The second-order valence-electron chi connectivity index (χ2n) is 8.01. The van der Waals surface area contributed by atoms with Gasteiger partial charge in [-0.1, -0.05) is 12.1 Å². The summed E-state index contributed by atoms with van der Waals surface area (Å²) in [4.78, 5) is 14.4. The molecule has 1 aromatic heterocycles. The van der Waals surface area contributed by atoms with Crippen molar-refractivity contribution in [1.82, 2.24) is 14.1 Å². The van der Waals surface area contributed by atoms with Gasteiger partial charge in [0.15, 0.2) is 0 Å².